The highest BCUT2D eigenvalue weighted by Crippen LogP contribution is 2.60. The monoisotopic (exact) mass is 1340 g/mol. The molecule has 0 bridgehead atoms. The topological polar surface area (TPSA) is 51.2 Å². The van der Waals surface area contributed by atoms with Crippen LogP contribution in [-0.2, 0) is 10.8 Å². The van der Waals surface area contributed by atoms with Gasteiger partial charge in [0.15, 0.2) is 0 Å². The molecule has 15 aromatic carbocycles. The lowest BCUT2D eigenvalue weighted by atomic mass is 9.67. The Balaban J connectivity index is 0.786. The summed E-state index contributed by atoms with van der Waals surface area (Å²) in [5, 5.41) is 4.09. The molecule has 2 aromatic heterocycles. The van der Waals surface area contributed by atoms with Gasteiger partial charge in [-0.1, -0.05) is 195 Å². The van der Waals surface area contributed by atoms with Gasteiger partial charge in [-0.3, -0.25) is 0 Å². The lowest BCUT2D eigenvalue weighted by molar-refractivity contribution is 0.482. The van der Waals surface area contributed by atoms with Crippen molar-refractivity contribution in [2.45, 2.75) is 10.8 Å². The summed E-state index contributed by atoms with van der Waals surface area (Å²) in [5.74, 6) is 2.14. The van der Waals surface area contributed by atoms with Gasteiger partial charge in [-0.05, 0) is 236 Å². The van der Waals surface area contributed by atoms with Crippen LogP contribution in [0.3, 0.4) is 0 Å². The van der Waals surface area contributed by atoms with Crippen molar-refractivity contribution < 1.29 is 27.1 Å². The van der Waals surface area contributed by atoms with Gasteiger partial charge in [0, 0.05) is 67.8 Å². The van der Waals surface area contributed by atoms with E-state index in [-0.39, 0.29) is 11.6 Å². The molecule has 2 atom stereocenters. The van der Waals surface area contributed by atoms with Crippen molar-refractivity contribution >= 4 is 90.2 Å². The number of fused-ring (bicyclic) bond motifs is 12. The highest BCUT2D eigenvalue weighted by molar-refractivity contribution is 6.08. The summed E-state index contributed by atoms with van der Waals surface area (Å²) < 4.78 is 57.1. The number of halogens is 2. The largest absolute Gasteiger partial charge is 0.457 e. The highest BCUT2D eigenvalue weighted by Gasteiger charge is 2.48. The van der Waals surface area contributed by atoms with E-state index in [1.54, 1.807) is 24.3 Å². The van der Waals surface area contributed by atoms with Crippen molar-refractivity contribution in [3.05, 3.63) is 420 Å². The predicted octanol–water partition coefficient (Wildman–Crippen LogP) is 26.3. The van der Waals surface area contributed by atoms with Crippen LogP contribution in [0.1, 0.15) is 55.6 Å². The van der Waals surface area contributed by atoms with E-state index in [1.807, 2.05) is 146 Å². The van der Waals surface area contributed by atoms with E-state index in [4.69, 9.17) is 18.3 Å². The molecule has 0 saturated heterocycles. The van der Waals surface area contributed by atoms with Gasteiger partial charge in [0.05, 0.1) is 10.8 Å². The Hall–Kier alpha value is -13.6. The number of nitrogens with zero attached hydrogens (tertiary/aromatic N) is 2. The fourth-order valence-electron chi connectivity index (χ4n) is 16.3. The second kappa shape index (κ2) is 24.7. The summed E-state index contributed by atoms with van der Waals surface area (Å²) in [6, 6.07) is 115. The van der Waals surface area contributed by atoms with Gasteiger partial charge in [-0.25, -0.2) is 8.78 Å². The van der Waals surface area contributed by atoms with E-state index in [0.717, 1.165) is 156 Å². The minimum absolute atomic E-state index is 0.320. The summed E-state index contributed by atoms with van der Waals surface area (Å²) in [4.78, 5) is 4.60. The Morgan fingerprint density at radius 1 is 0.269 bits per heavy atom. The summed E-state index contributed by atoms with van der Waals surface area (Å²) in [7, 11) is 0. The molecular weight excluding hydrogens is 1280 g/mol. The molecule has 8 heteroatoms. The number of anilines is 6. The molecule has 104 heavy (non-hydrogen) atoms. The number of furan rings is 2. The van der Waals surface area contributed by atoms with Crippen molar-refractivity contribution in [2.24, 2.45) is 0 Å². The first-order chi connectivity index (χ1) is 51.2. The third-order valence-corrected chi connectivity index (χ3v) is 21.0. The fourth-order valence-corrected chi connectivity index (χ4v) is 16.3. The number of benzene rings is 15. The maximum Gasteiger partial charge on any atom is 0.137 e. The molecular formula is C96H62F2N2O4. The smallest absolute Gasteiger partial charge is 0.137 e. The van der Waals surface area contributed by atoms with Crippen LogP contribution in [0, 0.1) is 11.6 Å². The molecule has 0 spiro atoms. The lowest BCUT2D eigenvalue weighted by Gasteiger charge is -2.35. The van der Waals surface area contributed by atoms with Gasteiger partial charge >= 0.3 is 0 Å². The summed E-state index contributed by atoms with van der Waals surface area (Å²) in [6.45, 7) is 7.85. The molecule has 494 valence electrons. The predicted molar refractivity (Wildman–Crippen MR) is 418 cm³/mol. The fraction of sp³-hybridized carbons (Fsp3) is 0.0208. The van der Waals surface area contributed by atoms with Crippen molar-refractivity contribution in [2.75, 3.05) is 9.80 Å². The van der Waals surface area contributed by atoms with Gasteiger partial charge in [-0.2, -0.15) is 0 Å². The van der Waals surface area contributed by atoms with Crippen LogP contribution in [0.15, 0.2) is 362 Å². The summed E-state index contributed by atoms with van der Waals surface area (Å²) in [6.07, 6.45) is 3.63. The average Bonchev–Trinajstić information content (AvgIpc) is 1.53. The van der Waals surface area contributed by atoms with Crippen LogP contribution < -0.4 is 19.3 Å². The summed E-state index contributed by atoms with van der Waals surface area (Å²) >= 11 is 0. The molecule has 6 nitrogen and oxygen atoms in total. The van der Waals surface area contributed by atoms with Crippen molar-refractivity contribution in [3.8, 4) is 45.3 Å². The van der Waals surface area contributed by atoms with E-state index >= 15 is 8.78 Å². The zero-order valence-electron chi connectivity index (χ0n) is 56.2. The zero-order valence-corrected chi connectivity index (χ0v) is 56.2. The average molecular weight is 1350 g/mol. The van der Waals surface area contributed by atoms with Gasteiger partial charge in [0.2, 0.25) is 0 Å². The number of rotatable bonds is 16. The first-order valence-corrected chi connectivity index (χ1v) is 34.8. The maximum atomic E-state index is 15.4. The quantitative estimate of drug-likeness (QED) is 0.0961. The van der Waals surface area contributed by atoms with Crippen LogP contribution >= 0.6 is 0 Å². The highest BCUT2D eigenvalue weighted by atomic mass is 19.1. The molecule has 0 N–H and O–H groups in total. The molecule has 0 saturated carbocycles. The number of hydrogen-bond donors (Lipinski definition) is 0. The molecule has 0 radical (unpaired) electrons. The van der Waals surface area contributed by atoms with E-state index in [1.165, 1.54) is 0 Å². The lowest BCUT2D eigenvalue weighted by Crippen LogP contribution is -2.29. The van der Waals surface area contributed by atoms with Crippen LogP contribution in [0.2, 0.25) is 0 Å². The van der Waals surface area contributed by atoms with E-state index < -0.39 is 10.8 Å². The minimum Gasteiger partial charge on any atom is -0.457 e. The Morgan fingerprint density at radius 3 is 0.952 bits per heavy atom. The Morgan fingerprint density at radius 2 is 0.567 bits per heavy atom. The van der Waals surface area contributed by atoms with Crippen LogP contribution in [0.4, 0.5) is 42.9 Å². The zero-order chi connectivity index (χ0) is 69.6. The Bertz CT molecular complexity index is 5840. The van der Waals surface area contributed by atoms with E-state index in [0.29, 0.717) is 23.0 Å². The molecule has 2 unspecified atom stereocenters. The van der Waals surface area contributed by atoms with Crippen molar-refractivity contribution in [1.29, 1.82) is 0 Å². The molecule has 19 rings (SSSR count). The number of ether oxygens (including phenoxy) is 2. The van der Waals surface area contributed by atoms with Crippen molar-refractivity contribution in [3.63, 3.8) is 0 Å². The van der Waals surface area contributed by atoms with Gasteiger partial charge in [0.25, 0.3) is 0 Å². The number of para-hydroxylation sites is 2. The normalized spacial score (nSPS) is 14.8. The molecule has 2 aliphatic rings. The number of hydrogen-bond acceptors (Lipinski definition) is 6. The van der Waals surface area contributed by atoms with Gasteiger partial charge in [0.1, 0.15) is 57.0 Å². The standard InChI is InChI=1S/C96H62F2N2O4/c1-3-61-21-45-75(46-22-61)101-77-49-29-65(30-50-77)95(63-25-33-67(97)34-26-63)87-17-9-5-13-79(87)81-53-41-71(57-89(81)95)99(73-43-55-85-83-15-7-11-19-91(83)103-93(85)59-73)69-37-39-70(40-38-69)100(74-44-56-86-84-16-8-12-20-92(84)104-94(86)60-74)72-42-54-82-80-14-6-10-18-88(80)96(90(82)58-72,64-27-35-68(98)36-28-64)66-31-51-78(52-32-66)102-76-47-23-62(4-2)24-48-76/h3-60H,1-2H2. The Kier molecular flexibility index (Phi) is 14.6. The first kappa shape index (κ1) is 61.5. The van der Waals surface area contributed by atoms with E-state index in [2.05, 4.69) is 205 Å². The van der Waals surface area contributed by atoms with Crippen LogP contribution in [0.25, 0.3) is 78.3 Å². The second-order valence-corrected chi connectivity index (χ2v) is 26.6. The van der Waals surface area contributed by atoms with Gasteiger partial charge < -0.3 is 28.1 Å². The molecule has 0 fully saturated rings. The molecule has 0 amide bonds. The maximum absolute atomic E-state index is 15.4. The van der Waals surface area contributed by atoms with Gasteiger partial charge in [-0.15, -0.1) is 0 Å². The SMILES string of the molecule is C=Cc1ccc(Oc2ccc(C3(c4ccc(F)cc4)c4ccccc4-c4ccc(N(c5ccc(N(c6ccc7c(c6)C(c6ccc(F)cc6)(c6ccc(Oc8ccc(C=C)cc8)cc6)c6ccccc6-7)c6ccc7c(c6)oc6ccccc67)cc5)c5ccc6c(c5)oc5ccccc56)cc43)cc2)cc1. The molecule has 0 aliphatic heterocycles. The summed E-state index contributed by atoms with van der Waals surface area (Å²) in [5.41, 5.74) is 20.9. The third kappa shape index (κ3) is 9.97. The second-order valence-electron chi connectivity index (χ2n) is 26.6. The molecule has 2 aliphatic carbocycles. The molecule has 2 heterocycles. The van der Waals surface area contributed by atoms with Crippen LogP contribution in [0.5, 0.6) is 23.0 Å². The van der Waals surface area contributed by atoms with E-state index in [9.17, 15) is 0 Å². The molecule has 17 aromatic rings. The van der Waals surface area contributed by atoms with Crippen molar-refractivity contribution in [1.82, 2.24) is 0 Å². The van der Waals surface area contributed by atoms with Crippen LogP contribution in [-0.4, -0.2) is 0 Å². The third-order valence-electron chi connectivity index (χ3n) is 21.0. The Labute approximate surface area is 599 Å². The minimum atomic E-state index is -0.915. The first-order valence-electron chi connectivity index (χ1n) is 34.8.